The summed E-state index contributed by atoms with van der Waals surface area (Å²) in [5.74, 6) is 2.84. The molecule has 3 N–H and O–H groups in total. The minimum atomic E-state index is -3.43. The van der Waals surface area contributed by atoms with Gasteiger partial charge in [0.05, 0.1) is 25.9 Å². The zero-order chi connectivity index (χ0) is 31.9. The maximum atomic E-state index is 12.4. The molecule has 2 unspecified atom stereocenters. The Morgan fingerprint density at radius 1 is 0.867 bits per heavy atom. The summed E-state index contributed by atoms with van der Waals surface area (Å²) in [5.41, 5.74) is 3.04. The second kappa shape index (κ2) is 17.6. The molecule has 0 amide bonds. The average molecular weight is 636 g/mol. The van der Waals surface area contributed by atoms with Crippen molar-refractivity contribution in [2.75, 3.05) is 32.2 Å². The predicted octanol–water partition coefficient (Wildman–Crippen LogP) is 6.05. The van der Waals surface area contributed by atoms with Gasteiger partial charge in [0.2, 0.25) is 7.37 Å². The van der Waals surface area contributed by atoms with Gasteiger partial charge in [-0.3, -0.25) is 4.57 Å². The van der Waals surface area contributed by atoms with Crippen LogP contribution in [0.15, 0.2) is 103 Å². The number of benzene rings is 4. The summed E-state index contributed by atoms with van der Waals surface area (Å²) in [7, 11) is -3.43. The Morgan fingerprint density at radius 2 is 1.58 bits per heavy atom. The molecular weight excluding hydrogens is 593 g/mol. The lowest BCUT2D eigenvalue weighted by Gasteiger charge is -2.24. The Hall–Kier alpha value is -3.85. The molecule has 6 rings (SSSR count). The number of aliphatic hydroxyl groups excluding tert-OH is 2. The summed E-state index contributed by atoms with van der Waals surface area (Å²) < 4.78 is 28.8. The van der Waals surface area contributed by atoms with Crippen molar-refractivity contribution in [1.29, 1.82) is 0 Å². The van der Waals surface area contributed by atoms with E-state index < -0.39 is 13.5 Å². The van der Waals surface area contributed by atoms with E-state index in [9.17, 15) is 19.7 Å². The zero-order valence-electron chi connectivity index (χ0n) is 25.5. The molecule has 2 aliphatic heterocycles. The fourth-order valence-electron chi connectivity index (χ4n) is 4.43. The number of rotatable bonds is 16. The normalized spacial score (nSPS) is 13.6. The van der Waals surface area contributed by atoms with E-state index in [1.807, 2.05) is 66.7 Å². The first kappa shape index (κ1) is 34.0. The minimum Gasteiger partial charge on any atom is -0.494 e. The van der Waals surface area contributed by atoms with E-state index in [1.165, 1.54) is 5.56 Å². The molecule has 9 nitrogen and oxygen atoms in total. The van der Waals surface area contributed by atoms with Gasteiger partial charge in [-0.25, -0.2) is 0 Å². The third kappa shape index (κ3) is 12.6. The molecule has 0 spiro atoms. The lowest BCUT2D eigenvalue weighted by molar-refractivity contribution is -0.0806. The molecule has 0 aliphatic carbocycles. The van der Waals surface area contributed by atoms with Crippen molar-refractivity contribution < 1.29 is 38.7 Å². The van der Waals surface area contributed by atoms with Crippen LogP contribution in [0.4, 0.5) is 0 Å². The van der Waals surface area contributed by atoms with E-state index in [2.05, 4.69) is 12.1 Å². The van der Waals surface area contributed by atoms with Crippen molar-refractivity contribution in [3.63, 3.8) is 0 Å². The van der Waals surface area contributed by atoms with E-state index in [1.54, 1.807) is 36.3 Å². The number of hydroxylamine groups is 2. The number of hydrogen-bond acceptors (Lipinski definition) is 8. The van der Waals surface area contributed by atoms with Gasteiger partial charge in [0.1, 0.15) is 29.6 Å². The van der Waals surface area contributed by atoms with Crippen molar-refractivity contribution in [2.24, 2.45) is 0 Å². The summed E-state index contributed by atoms with van der Waals surface area (Å²) in [4.78, 5) is 16.1. The molecule has 10 heteroatoms. The quantitative estimate of drug-likeness (QED) is 0.0768. The minimum absolute atomic E-state index is 0.0730. The number of aliphatic hydroxyl groups is 2. The van der Waals surface area contributed by atoms with Gasteiger partial charge in [0.15, 0.2) is 6.35 Å². The first-order chi connectivity index (χ1) is 21.8. The fourth-order valence-corrected chi connectivity index (χ4v) is 5.53. The standard InChI is InChI=1S/C28H36NO7P.C7H6O/c1-23(31)20-29(36-28-10-5-7-25(19-28)21-30)16-15-24-11-13-27(14-12-24)35-22-37(32,33)18-6-17-34-26-8-3-2-4-9-26;1-3-7-4-2-6(1)5-8-7/h2-5,7-14,19,23,30-31H,6,15-18,20-22H2,1H3,(H,32,33);1-4H,5H2. The molecule has 240 valence electrons. The number of hydrogen-bond donors (Lipinski definition) is 3. The molecule has 0 saturated heterocycles. The summed E-state index contributed by atoms with van der Waals surface area (Å²) >= 11 is 0. The van der Waals surface area contributed by atoms with E-state index in [0.717, 1.165) is 29.2 Å². The monoisotopic (exact) mass is 635 g/mol. The van der Waals surface area contributed by atoms with Crippen LogP contribution in [0.1, 0.15) is 30.0 Å². The Morgan fingerprint density at radius 3 is 2.18 bits per heavy atom. The lowest BCUT2D eigenvalue weighted by Crippen LogP contribution is -2.35. The van der Waals surface area contributed by atoms with Gasteiger partial charge < -0.3 is 34.2 Å². The van der Waals surface area contributed by atoms with E-state index in [-0.39, 0.29) is 19.1 Å². The number of ether oxygens (including phenoxy) is 3. The van der Waals surface area contributed by atoms with Gasteiger partial charge >= 0.3 is 0 Å². The van der Waals surface area contributed by atoms with E-state index >= 15 is 0 Å². The molecule has 0 aromatic heterocycles. The molecule has 4 aromatic rings. The molecule has 2 atom stereocenters. The van der Waals surface area contributed by atoms with Crippen LogP contribution in [-0.2, 0) is 24.2 Å². The molecule has 45 heavy (non-hydrogen) atoms. The first-order valence-corrected chi connectivity index (χ1v) is 17.0. The first-order valence-electron chi connectivity index (χ1n) is 15.0. The van der Waals surface area contributed by atoms with Gasteiger partial charge in [0, 0.05) is 12.7 Å². The zero-order valence-corrected chi connectivity index (χ0v) is 26.4. The molecule has 2 bridgehead atoms. The molecule has 4 aromatic carbocycles. The molecule has 2 aliphatic rings. The van der Waals surface area contributed by atoms with E-state index in [0.29, 0.717) is 44.0 Å². The SMILES string of the molecule is CC(O)CN(CCc1ccc(OCP(=O)(O)CCCOc2ccccc2)cc1)Oc1cccc(CO)c1.c1cc2ccc1CO2. The van der Waals surface area contributed by atoms with E-state index in [4.69, 9.17) is 19.0 Å². The Bertz CT molecular complexity index is 1440. The van der Waals surface area contributed by atoms with Gasteiger partial charge in [-0.15, -0.1) is 5.06 Å². The summed E-state index contributed by atoms with van der Waals surface area (Å²) in [6.07, 6.45) is 0.419. The van der Waals surface area contributed by atoms with Gasteiger partial charge in [-0.1, -0.05) is 54.6 Å². The van der Waals surface area contributed by atoms with Crippen LogP contribution in [0.2, 0.25) is 0 Å². The number of fused-ring (bicyclic) bond motifs is 3. The topological polar surface area (TPSA) is 118 Å². The third-order valence-corrected chi connectivity index (χ3v) is 8.33. The van der Waals surface area contributed by atoms with Crippen LogP contribution in [-0.4, -0.2) is 58.5 Å². The number of para-hydroxylation sites is 1. The summed E-state index contributed by atoms with van der Waals surface area (Å²) in [6.45, 7) is 3.62. The van der Waals surface area contributed by atoms with Crippen LogP contribution in [0, 0.1) is 0 Å². The Labute approximate surface area is 265 Å². The van der Waals surface area contributed by atoms with Crippen molar-refractivity contribution in [3.8, 4) is 23.0 Å². The maximum absolute atomic E-state index is 12.4. The highest BCUT2D eigenvalue weighted by molar-refractivity contribution is 7.57. The molecule has 0 fully saturated rings. The van der Waals surface area contributed by atoms with Crippen molar-refractivity contribution in [3.05, 3.63) is 120 Å². The second-order valence-electron chi connectivity index (χ2n) is 10.8. The van der Waals surface area contributed by atoms with Gasteiger partial charge in [0.25, 0.3) is 0 Å². The van der Waals surface area contributed by atoms with Gasteiger partial charge in [-0.05, 0) is 85.0 Å². The summed E-state index contributed by atoms with van der Waals surface area (Å²) in [5, 5.41) is 20.9. The second-order valence-corrected chi connectivity index (χ2v) is 13.2. The molecule has 0 saturated carbocycles. The van der Waals surface area contributed by atoms with Crippen LogP contribution < -0.4 is 19.0 Å². The molecular formula is C35H42NO8P. The highest BCUT2D eigenvalue weighted by Crippen LogP contribution is 2.41. The third-order valence-electron chi connectivity index (χ3n) is 6.78. The van der Waals surface area contributed by atoms with Crippen molar-refractivity contribution >= 4 is 7.37 Å². The Balaban J connectivity index is 0.000000491. The smallest absolute Gasteiger partial charge is 0.237 e. The maximum Gasteiger partial charge on any atom is 0.237 e. The highest BCUT2D eigenvalue weighted by atomic mass is 31.2. The fraction of sp³-hybridized carbons (Fsp3) is 0.314. The van der Waals surface area contributed by atoms with Crippen molar-refractivity contribution in [2.45, 2.75) is 39.1 Å². The molecule has 0 radical (unpaired) electrons. The Kier molecular flexibility index (Phi) is 13.3. The lowest BCUT2D eigenvalue weighted by atomic mass is 10.1. The van der Waals surface area contributed by atoms with Crippen molar-refractivity contribution in [1.82, 2.24) is 5.06 Å². The average Bonchev–Trinajstić information content (AvgIpc) is 3.07. The summed E-state index contributed by atoms with van der Waals surface area (Å²) in [6, 6.07) is 32.0. The van der Waals surface area contributed by atoms with Gasteiger partial charge in [-0.2, -0.15) is 0 Å². The number of nitrogens with zero attached hydrogens (tertiary/aromatic N) is 1. The van der Waals surface area contributed by atoms with Crippen LogP contribution in [0.25, 0.3) is 0 Å². The van der Waals surface area contributed by atoms with Crippen LogP contribution in [0.3, 0.4) is 0 Å². The molecule has 2 heterocycles. The van der Waals surface area contributed by atoms with Crippen LogP contribution >= 0.6 is 7.37 Å². The van der Waals surface area contributed by atoms with Crippen LogP contribution in [0.5, 0.6) is 23.0 Å². The highest BCUT2D eigenvalue weighted by Gasteiger charge is 2.19. The predicted molar refractivity (Wildman–Crippen MR) is 174 cm³/mol. The largest absolute Gasteiger partial charge is 0.494 e.